The van der Waals surface area contributed by atoms with E-state index in [-0.39, 0.29) is 12.2 Å². The average Bonchev–Trinajstić information content (AvgIpc) is 2.40. The van der Waals surface area contributed by atoms with E-state index < -0.39 is 0 Å². The number of piperazine rings is 1. The Morgan fingerprint density at radius 3 is 2.50 bits per heavy atom. The van der Waals surface area contributed by atoms with Gasteiger partial charge in [0, 0.05) is 32.2 Å². The molecule has 1 aliphatic heterocycles. The molecule has 1 saturated heterocycles. The SMILES string of the molecule is CCOC(=O)N1CCN([C@H]2CCCC[C@@H]2O)CC1. The van der Waals surface area contributed by atoms with Crippen LogP contribution in [0.25, 0.3) is 0 Å². The first kappa shape index (κ1) is 13.6. The number of amides is 1. The highest BCUT2D eigenvalue weighted by Crippen LogP contribution is 2.24. The minimum Gasteiger partial charge on any atom is -0.450 e. The van der Waals surface area contributed by atoms with Crippen LogP contribution in [0.2, 0.25) is 0 Å². The summed E-state index contributed by atoms with van der Waals surface area (Å²) in [6.07, 6.45) is 3.96. The normalized spacial score (nSPS) is 30.2. The van der Waals surface area contributed by atoms with Gasteiger partial charge in [-0.3, -0.25) is 4.90 Å². The molecule has 2 atom stereocenters. The van der Waals surface area contributed by atoms with Crippen LogP contribution in [0.4, 0.5) is 4.79 Å². The molecule has 2 aliphatic rings. The molecule has 0 aromatic heterocycles. The second-order valence-corrected chi connectivity index (χ2v) is 5.14. The van der Waals surface area contributed by atoms with Crippen LogP contribution in [0.5, 0.6) is 0 Å². The van der Waals surface area contributed by atoms with Crippen LogP contribution in [-0.4, -0.2) is 65.9 Å². The highest BCUT2D eigenvalue weighted by molar-refractivity contribution is 5.67. The van der Waals surface area contributed by atoms with Crippen molar-refractivity contribution in [2.75, 3.05) is 32.8 Å². The van der Waals surface area contributed by atoms with Gasteiger partial charge in [0.05, 0.1) is 12.7 Å². The number of carbonyl (C=O) groups excluding carboxylic acids is 1. The first-order valence-corrected chi connectivity index (χ1v) is 7.06. The highest BCUT2D eigenvalue weighted by atomic mass is 16.6. The first-order chi connectivity index (χ1) is 8.72. The zero-order valence-electron chi connectivity index (χ0n) is 11.2. The maximum absolute atomic E-state index is 11.6. The summed E-state index contributed by atoms with van der Waals surface area (Å²) in [5.41, 5.74) is 0. The summed E-state index contributed by atoms with van der Waals surface area (Å²) < 4.78 is 5.00. The minimum atomic E-state index is -0.207. The summed E-state index contributed by atoms with van der Waals surface area (Å²) in [7, 11) is 0. The number of aliphatic hydroxyl groups is 1. The number of hydrogen-bond donors (Lipinski definition) is 1. The molecule has 104 valence electrons. The van der Waals surface area contributed by atoms with Gasteiger partial charge in [-0.1, -0.05) is 12.8 Å². The van der Waals surface area contributed by atoms with E-state index in [2.05, 4.69) is 4.90 Å². The van der Waals surface area contributed by atoms with Gasteiger partial charge in [-0.25, -0.2) is 4.79 Å². The third-order valence-corrected chi connectivity index (χ3v) is 4.00. The van der Waals surface area contributed by atoms with Crippen molar-refractivity contribution >= 4 is 6.09 Å². The molecule has 2 rings (SSSR count). The van der Waals surface area contributed by atoms with Crippen molar-refractivity contribution in [3.63, 3.8) is 0 Å². The van der Waals surface area contributed by atoms with E-state index in [0.29, 0.717) is 25.7 Å². The first-order valence-electron chi connectivity index (χ1n) is 7.06. The molecule has 5 heteroatoms. The summed E-state index contributed by atoms with van der Waals surface area (Å²) in [4.78, 5) is 15.7. The van der Waals surface area contributed by atoms with Crippen LogP contribution in [-0.2, 0) is 4.74 Å². The second-order valence-electron chi connectivity index (χ2n) is 5.14. The molecule has 0 spiro atoms. The molecule has 0 bridgehead atoms. The molecular formula is C13H24N2O3. The van der Waals surface area contributed by atoms with Crippen molar-refractivity contribution < 1.29 is 14.6 Å². The number of nitrogens with zero attached hydrogens (tertiary/aromatic N) is 2. The van der Waals surface area contributed by atoms with Crippen LogP contribution < -0.4 is 0 Å². The van der Waals surface area contributed by atoms with Gasteiger partial charge in [0.25, 0.3) is 0 Å². The topological polar surface area (TPSA) is 53.0 Å². The summed E-state index contributed by atoms with van der Waals surface area (Å²) >= 11 is 0. The zero-order chi connectivity index (χ0) is 13.0. The number of carbonyl (C=O) groups is 1. The average molecular weight is 256 g/mol. The molecule has 0 aromatic rings. The van der Waals surface area contributed by atoms with Crippen LogP contribution in [0.3, 0.4) is 0 Å². The number of rotatable bonds is 2. The third-order valence-electron chi connectivity index (χ3n) is 4.00. The largest absolute Gasteiger partial charge is 0.450 e. The number of aliphatic hydroxyl groups excluding tert-OH is 1. The Kier molecular flexibility index (Phi) is 4.83. The predicted octanol–water partition coefficient (Wildman–Crippen LogP) is 1.06. The maximum Gasteiger partial charge on any atom is 0.409 e. The molecule has 1 aliphatic carbocycles. The Morgan fingerprint density at radius 2 is 1.89 bits per heavy atom. The van der Waals surface area contributed by atoms with E-state index in [1.807, 2.05) is 6.92 Å². The summed E-state index contributed by atoms with van der Waals surface area (Å²) in [5, 5.41) is 10.0. The number of ether oxygens (including phenoxy) is 1. The maximum atomic E-state index is 11.6. The molecular weight excluding hydrogens is 232 g/mol. The van der Waals surface area contributed by atoms with E-state index in [9.17, 15) is 9.90 Å². The molecule has 1 heterocycles. The van der Waals surface area contributed by atoms with E-state index >= 15 is 0 Å². The lowest BCUT2D eigenvalue weighted by Gasteiger charge is -2.42. The summed E-state index contributed by atoms with van der Waals surface area (Å²) in [6, 6.07) is 0.295. The van der Waals surface area contributed by atoms with Gasteiger partial charge in [-0.2, -0.15) is 0 Å². The van der Waals surface area contributed by atoms with Crippen LogP contribution >= 0.6 is 0 Å². The van der Waals surface area contributed by atoms with Gasteiger partial charge in [-0.15, -0.1) is 0 Å². The Labute approximate surface area is 109 Å². The highest BCUT2D eigenvalue weighted by Gasteiger charge is 2.32. The van der Waals surface area contributed by atoms with Gasteiger partial charge in [-0.05, 0) is 19.8 Å². The van der Waals surface area contributed by atoms with Crippen molar-refractivity contribution in [3.05, 3.63) is 0 Å². The Bertz CT molecular complexity index is 277. The van der Waals surface area contributed by atoms with Crippen LogP contribution in [0, 0.1) is 0 Å². The van der Waals surface area contributed by atoms with Crippen molar-refractivity contribution in [1.82, 2.24) is 9.80 Å². The van der Waals surface area contributed by atoms with Crippen molar-refractivity contribution in [3.8, 4) is 0 Å². The van der Waals surface area contributed by atoms with Gasteiger partial charge in [0.1, 0.15) is 0 Å². The standard InChI is InChI=1S/C13H24N2O3/c1-2-18-13(17)15-9-7-14(8-10-15)11-5-3-4-6-12(11)16/h11-12,16H,2-10H2,1H3/t11-,12-/m0/s1. The van der Waals surface area contributed by atoms with Crippen LogP contribution in [0.1, 0.15) is 32.6 Å². The van der Waals surface area contributed by atoms with E-state index in [1.165, 1.54) is 6.42 Å². The van der Waals surface area contributed by atoms with E-state index in [1.54, 1.807) is 4.90 Å². The van der Waals surface area contributed by atoms with Gasteiger partial charge in [0.2, 0.25) is 0 Å². The predicted molar refractivity (Wildman–Crippen MR) is 68.4 cm³/mol. The Morgan fingerprint density at radius 1 is 1.22 bits per heavy atom. The summed E-state index contributed by atoms with van der Waals surface area (Å²) in [6.45, 7) is 5.37. The van der Waals surface area contributed by atoms with Gasteiger partial charge in [0.15, 0.2) is 0 Å². The van der Waals surface area contributed by atoms with Gasteiger partial charge >= 0.3 is 6.09 Å². The summed E-state index contributed by atoms with van der Waals surface area (Å²) in [5.74, 6) is 0. The molecule has 0 unspecified atom stereocenters. The fourth-order valence-corrected chi connectivity index (χ4v) is 2.97. The lowest BCUT2D eigenvalue weighted by molar-refractivity contribution is -0.00371. The third kappa shape index (κ3) is 3.14. The molecule has 2 fully saturated rings. The quantitative estimate of drug-likeness (QED) is 0.803. The smallest absolute Gasteiger partial charge is 0.409 e. The molecule has 0 radical (unpaired) electrons. The minimum absolute atomic E-state index is 0.187. The number of hydrogen-bond acceptors (Lipinski definition) is 4. The Hall–Kier alpha value is -0.810. The van der Waals surface area contributed by atoms with E-state index in [4.69, 9.17) is 4.74 Å². The molecule has 1 N–H and O–H groups in total. The fraction of sp³-hybridized carbons (Fsp3) is 0.923. The molecule has 1 saturated carbocycles. The lowest BCUT2D eigenvalue weighted by atomic mass is 9.91. The van der Waals surface area contributed by atoms with Crippen LogP contribution in [0.15, 0.2) is 0 Å². The molecule has 5 nitrogen and oxygen atoms in total. The van der Waals surface area contributed by atoms with Crippen molar-refractivity contribution in [2.45, 2.75) is 44.8 Å². The molecule has 18 heavy (non-hydrogen) atoms. The van der Waals surface area contributed by atoms with Gasteiger partial charge < -0.3 is 14.7 Å². The monoisotopic (exact) mass is 256 g/mol. The Balaban J connectivity index is 1.80. The lowest BCUT2D eigenvalue weighted by Crippen LogP contribution is -2.55. The van der Waals surface area contributed by atoms with Crippen molar-refractivity contribution in [1.29, 1.82) is 0 Å². The van der Waals surface area contributed by atoms with E-state index in [0.717, 1.165) is 32.4 Å². The van der Waals surface area contributed by atoms with Crippen molar-refractivity contribution in [2.24, 2.45) is 0 Å². The molecule has 1 amide bonds. The second kappa shape index (κ2) is 6.38. The molecule has 0 aromatic carbocycles. The fourth-order valence-electron chi connectivity index (χ4n) is 2.97. The zero-order valence-corrected chi connectivity index (χ0v) is 11.2.